The third kappa shape index (κ3) is 3.26. The maximum absolute atomic E-state index is 2.41. The molecular formula is C21H25Cl2Zr. The van der Waals surface area contributed by atoms with Crippen molar-refractivity contribution >= 4 is 0 Å². The second-order valence-electron chi connectivity index (χ2n) is 7.41. The molecule has 0 radical (unpaired) electrons. The number of rotatable bonds is 1. The van der Waals surface area contributed by atoms with E-state index in [1.165, 1.54) is 44.9 Å². The average Bonchev–Trinajstić information content (AvgIpc) is 3.15. The smallest absolute Gasteiger partial charge is 1.00 e. The zero-order valence-corrected chi connectivity index (χ0v) is 18.6. The van der Waals surface area contributed by atoms with E-state index in [4.69, 9.17) is 0 Å². The normalized spacial score (nSPS) is 28.2. The summed E-state index contributed by atoms with van der Waals surface area (Å²) >= 11 is 1.72. The van der Waals surface area contributed by atoms with E-state index in [1.54, 1.807) is 47.0 Å². The Hall–Kier alpha value is 0.163. The van der Waals surface area contributed by atoms with Gasteiger partial charge in [-0.2, -0.15) is 0 Å². The van der Waals surface area contributed by atoms with Gasteiger partial charge in [-0.05, 0) is 0 Å². The number of fused-ring (bicyclic) bond motifs is 1. The van der Waals surface area contributed by atoms with E-state index in [9.17, 15) is 0 Å². The van der Waals surface area contributed by atoms with E-state index >= 15 is 0 Å². The van der Waals surface area contributed by atoms with Crippen LogP contribution in [0.2, 0.25) is 3.63 Å². The summed E-state index contributed by atoms with van der Waals surface area (Å²) in [5.74, 6) is 0.638. The van der Waals surface area contributed by atoms with E-state index in [0.717, 1.165) is 3.63 Å². The van der Waals surface area contributed by atoms with Crippen molar-refractivity contribution in [2.45, 2.75) is 62.4 Å². The number of hydrogen-bond acceptors (Lipinski definition) is 0. The van der Waals surface area contributed by atoms with Gasteiger partial charge in [0.15, 0.2) is 0 Å². The topological polar surface area (TPSA) is 0 Å². The molecule has 0 heterocycles. The second-order valence-corrected chi connectivity index (χ2v) is 8.83. The Balaban J connectivity index is 0.00000104. The van der Waals surface area contributed by atoms with Crippen LogP contribution >= 0.6 is 0 Å². The van der Waals surface area contributed by atoms with Crippen LogP contribution < -0.4 is 24.8 Å². The van der Waals surface area contributed by atoms with Gasteiger partial charge >= 0.3 is 150 Å². The minimum atomic E-state index is 0. The molecule has 0 fully saturated rings. The van der Waals surface area contributed by atoms with E-state index in [1.807, 2.05) is 16.7 Å². The van der Waals surface area contributed by atoms with Gasteiger partial charge in [-0.1, -0.05) is 0 Å². The molecule has 0 saturated carbocycles. The predicted molar refractivity (Wildman–Crippen MR) is 89.2 cm³/mol. The molecule has 0 aromatic heterocycles. The van der Waals surface area contributed by atoms with Gasteiger partial charge in [0.05, 0.1) is 0 Å². The summed E-state index contributed by atoms with van der Waals surface area (Å²) in [6, 6.07) is 0. The van der Waals surface area contributed by atoms with Crippen molar-refractivity contribution in [3.8, 4) is 0 Å². The minimum Gasteiger partial charge on any atom is -1.00 e. The molecule has 4 aliphatic carbocycles. The molecule has 0 aromatic rings. The summed E-state index contributed by atoms with van der Waals surface area (Å²) in [4.78, 5) is 0. The Morgan fingerprint density at radius 2 is 1.75 bits per heavy atom. The fourth-order valence-corrected chi connectivity index (χ4v) is 6.62. The zero-order valence-electron chi connectivity index (χ0n) is 14.6. The van der Waals surface area contributed by atoms with E-state index in [-0.39, 0.29) is 24.8 Å². The van der Waals surface area contributed by atoms with Crippen LogP contribution in [0.25, 0.3) is 0 Å². The molecule has 2 unspecified atom stereocenters. The van der Waals surface area contributed by atoms with Crippen LogP contribution in [-0.2, 0) is 24.7 Å². The quantitative estimate of drug-likeness (QED) is 0.510. The molecule has 0 saturated heterocycles. The van der Waals surface area contributed by atoms with Gasteiger partial charge in [-0.25, -0.2) is 0 Å². The maximum Gasteiger partial charge on any atom is -1.00 e. The van der Waals surface area contributed by atoms with Crippen molar-refractivity contribution in [1.29, 1.82) is 0 Å². The second kappa shape index (κ2) is 8.24. The first-order chi connectivity index (χ1) is 10.7. The summed E-state index contributed by atoms with van der Waals surface area (Å²) < 4.78 is 0.790. The van der Waals surface area contributed by atoms with Crippen LogP contribution in [-0.4, -0.2) is 0 Å². The Morgan fingerprint density at radius 3 is 2.42 bits per heavy atom. The molecular weight excluding hydrogens is 414 g/mol. The van der Waals surface area contributed by atoms with Crippen molar-refractivity contribution in [2.75, 3.05) is 0 Å². The molecule has 127 valence electrons. The monoisotopic (exact) mass is 437 g/mol. The minimum absolute atomic E-state index is 0. The first-order valence-corrected chi connectivity index (χ1v) is 10.3. The molecule has 4 aliphatic rings. The van der Waals surface area contributed by atoms with Crippen molar-refractivity contribution in [2.24, 2.45) is 5.92 Å². The fourth-order valence-electron chi connectivity index (χ4n) is 5.00. The molecule has 0 aromatic carbocycles. The number of hydrogen-bond donors (Lipinski definition) is 0. The first-order valence-electron chi connectivity index (χ1n) is 8.86. The van der Waals surface area contributed by atoms with Gasteiger partial charge in [0.25, 0.3) is 0 Å². The number of allylic oxidation sites excluding steroid dienone is 10. The Morgan fingerprint density at radius 1 is 1.00 bits per heavy atom. The summed E-state index contributed by atoms with van der Waals surface area (Å²) in [5.41, 5.74) is 12.3. The van der Waals surface area contributed by atoms with Crippen LogP contribution in [0.4, 0.5) is 0 Å². The Labute approximate surface area is 174 Å². The van der Waals surface area contributed by atoms with Crippen LogP contribution in [0.5, 0.6) is 0 Å². The van der Waals surface area contributed by atoms with E-state index in [2.05, 4.69) is 32.1 Å². The van der Waals surface area contributed by atoms with Crippen LogP contribution in [0.1, 0.15) is 58.8 Å². The van der Waals surface area contributed by atoms with E-state index in [0.29, 0.717) is 5.92 Å². The van der Waals surface area contributed by atoms with Gasteiger partial charge in [-0.15, -0.1) is 0 Å². The Bertz CT molecular complexity index is 672. The molecule has 3 heteroatoms. The predicted octanol–water partition coefficient (Wildman–Crippen LogP) is 0.143. The van der Waals surface area contributed by atoms with Crippen molar-refractivity contribution in [3.63, 3.8) is 0 Å². The van der Waals surface area contributed by atoms with Crippen molar-refractivity contribution < 1.29 is 49.5 Å². The average molecular weight is 440 g/mol. The van der Waals surface area contributed by atoms with Gasteiger partial charge in [0, 0.05) is 0 Å². The van der Waals surface area contributed by atoms with Crippen molar-refractivity contribution in [3.05, 3.63) is 57.2 Å². The molecule has 0 amide bonds. The van der Waals surface area contributed by atoms with Crippen LogP contribution in [0.3, 0.4) is 0 Å². The largest absolute Gasteiger partial charge is 1.00 e. The van der Waals surface area contributed by atoms with Gasteiger partial charge in [-0.3, -0.25) is 0 Å². The third-order valence-corrected chi connectivity index (χ3v) is 7.62. The summed E-state index contributed by atoms with van der Waals surface area (Å²) in [6.45, 7) is 4.66. The molecule has 2 atom stereocenters. The summed E-state index contributed by atoms with van der Waals surface area (Å²) in [5, 5.41) is 0. The summed E-state index contributed by atoms with van der Waals surface area (Å²) in [7, 11) is 0. The van der Waals surface area contributed by atoms with Crippen LogP contribution in [0.15, 0.2) is 57.2 Å². The number of halogens is 2. The summed E-state index contributed by atoms with van der Waals surface area (Å²) in [6.07, 6.45) is 16.4. The Kier molecular flexibility index (Phi) is 7.03. The molecule has 0 aliphatic heterocycles. The molecule has 0 N–H and O–H groups in total. The third-order valence-electron chi connectivity index (χ3n) is 6.00. The van der Waals surface area contributed by atoms with Crippen LogP contribution in [0, 0.1) is 5.92 Å². The molecule has 0 spiro atoms. The maximum atomic E-state index is 2.41. The van der Waals surface area contributed by atoms with Gasteiger partial charge in [0.2, 0.25) is 0 Å². The zero-order chi connectivity index (χ0) is 15.3. The molecule has 0 bridgehead atoms. The standard InChI is InChI=1S/C21H25.2ClH.Zr/c1-14(2)17-11-12-19-18-10-6-5-9-16(18)13-20(19)21(17)15-7-3-4-8-15;;;/h3-4,7,13,21H,5-6,8-12H2,1-2H3;2*1H;/q;;;+2/p-2. The molecule has 24 heavy (non-hydrogen) atoms. The van der Waals surface area contributed by atoms with Gasteiger partial charge in [0.1, 0.15) is 0 Å². The fraction of sp³-hybridized carbons (Fsp3) is 0.524. The van der Waals surface area contributed by atoms with Crippen molar-refractivity contribution in [1.82, 2.24) is 0 Å². The van der Waals surface area contributed by atoms with Gasteiger partial charge < -0.3 is 24.8 Å². The molecule has 4 rings (SSSR count). The first kappa shape index (κ1) is 20.5. The SMILES string of the molecule is CC(C)=C1CCC2=C([CH]([Zr+2])C3=C2CCCC3)C1C1=CC=CC1.[Cl-].[Cl-]. The van der Waals surface area contributed by atoms with E-state index < -0.39 is 0 Å². The molecule has 0 nitrogen and oxygen atoms in total.